The SMILES string of the molecule is CCCNC(Cc1nccn1CC)C1C2CCCC21. The molecule has 2 saturated carbocycles. The third-order valence-electron chi connectivity index (χ3n) is 5.14. The van der Waals surface area contributed by atoms with Gasteiger partial charge < -0.3 is 9.88 Å². The van der Waals surface area contributed by atoms with Crippen molar-refractivity contribution >= 4 is 0 Å². The minimum Gasteiger partial charge on any atom is -0.335 e. The number of hydrogen-bond donors (Lipinski definition) is 1. The summed E-state index contributed by atoms with van der Waals surface area (Å²) in [6.07, 6.45) is 10.8. The zero-order valence-corrected chi connectivity index (χ0v) is 12.3. The number of nitrogens with one attached hydrogen (secondary N) is 1. The first-order valence-electron chi connectivity index (χ1n) is 8.08. The van der Waals surface area contributed by atoms with Crippen LogP contribution in [0.25, 0.3) is 0 Å². The molecule has 106 valence electrons. The zero-order valence-electron chi connectivity index (χ0n) is 12.3. The van der Waals surface area contributed by atoms with Crippen LogP contribution in [-0.2, 0) is 13.0 Å². The molecule has 1 N–H and O–H groups in total. The summed E-state index contributed by atoms with van der Waals surface area (Å²) in [6, 6.07) is 0.656. The monoisotopic (exact) mass is 261 g/mol. The minimum atomic E-state index is 0.656. The lowest BCUT2D eigenvalue weighted by Gasteiger charge is -2.20. The summed E-state index contributed by atoms with van der Waals surface area (Å²) in [5.74, 6) is 4.25. The number of imidazole rings is 1. The highest BCUT2D eigenvalue weighted by atomic mass is 15.1. The molecule has 3 unspecified atom stereocenters. The molecular weight excluding hydrogens is 234 g/mol. The summed E-state index contributed by atoms with van der Waals surface area (Å²) < 4.78 is 2.29. The highest BCUT2D eigenvalue weighted by molar-refractivity contribution is 5.09. The van der Waals surface area contributed by atoms with E-state index >= 15 is 0 Å². The van der Waals surface area contributed by atoms with Crippen LogP contribution in [0.3, 0.4) is 0 Å². The fraction of sp³-hybridized carbons (Fsp3) is 0.812. The van der Waals surface area contributed by atoms with Crippen molar-refractivity contribution in [2.24, 2.45) is 17.8 Å². The Morgan fingerprint density at radius 1 is 1.37 bits per heavy atom. The van der Waals surface area contributed by atoms with Crippen molar-refractivity contribution in [3.63, 3.8) is 0 Å². The van der Waals surface area contributed by atoms with Crippen molar-refractivity contribution in [1.82, 2.24) is 14.9 Å². The molecule has 3 nitrogen and oxygen atoms in total. The third kappa shape index (κ3) is 2.58. The normalized spacial score (nSPS) is 30.3. The first kappa shape index (κ1) is 13.2. The van der Waals surface area contributed by atoms with Crippen LogP contribution in [-0.4, -0.2) is 22.1 Å². The molecule has 0 aliphatic heterocycles. The fourth-order valence-corrected chi connectivity index (χ4v) is 4.16. The highest BCUT2D eigenvalue weighted by Gasteiger charge is 2.55. The lowest BCUT2D eigenvalue weighted by atomic mass is 10.0. The molecule has 19 heavy (non-hydrogen) atoms. The van der Waals surface area contributed by atoms with Crippen molar-refractivity contribution < 1.29 is 0 Å². The lowest BCUT2D eigenvalue weighted by molar-refractivity contribution is 0.393. The minimum absolute atomic E-state index is 0.656. The van der Waals surface area contributed by atoms with Crippen LogP contribution >= 0.6 is 0 Å². The van der Waals surface area contributed by atoms with Crippen molar-refractivity contribution in [1.29, 1.82) is 0 Å². The van der Waals surface area contributed by atoms with E-state index in [-0.39, 0.29) is 0 Å². The van der Waals surface area contributed by atoms with Gasteiger partial charge in [0, 0.05) is 31.4 Å². The fourth-order valence-electron chi connectivity index (χ4n) is 4.16. The number of hydrogen-bond acceptors (Lipinski definition) is 2. The summed E-state index contributed by atoms with van der Waals surface area (Å²) in [7, 11) is 0. The molecule has 0 amide bonds. The van der Waals surface area contributed by atoms with Gasteiger partial charge in [-0.15, -0.1) is 0 Å². The maximum atomic E-state index is 4.56. The largest absolute Gasteiger partial charge is 0.335 e. The summed E-state index contributed by atoms with van der Waals surface area (Å²) >= 11 is 0. The number of aryl methyl sites for hydroxylation is 1. The Bertz CT molecular complexity index is 402. The Morgan fingerprint density at radius 2 is 2.16 bits per heavy atom. The molecule has 3 heteroatoms. The molecule has 0 saturated heterocycles. The lowest BCUT2D eigenvalue weighted by Crippen LogP contribution is -2.36. The molecule has 0 aromatic carbocycles. The topological polar surface area (TPSA) is 29.9 Å². The Labute approximate surface area is 116 Å². The van der Waals surface area contributed by atoms with Crippen molar-refractivity contribution in [2.45, 2.75) is 58.5 Å². The maximum absolute atomic E-state index is 4.56. The second-order valence-corrected chi connectivity index (χ2v) is 6.23. The van der Waals surface area contributed by atoms with Gasteiger partial charge in [-0.1, -0.05) is 13.3 Å². The first-order chi connectivity index (χ1) is 9.35. The van der Waals surface area contributed by atoms with E-state index in [4.69, 9.17) is 0 Å². The third-order valence-corrected chi connectivity index (χ3v) is 5.14. The van der Waals surface area contributed by atoms with E-state index in [1.807, 2.05) is 6.20 Å². The van der Waals surface area contributed by atoms with Gasteiger partial charge in [0.25, 0.3) is 0 Å². The molecule has 0 bridgehead atoms. The average molecular weight is 261 g/mol. The van der Waals surface area contributed by atoms with Gasteiger partial charge in [0.05, 0.1) is 0 Å². The van der Waals surface area contributed by atoms with E-state index in [1.54, 1.807) is 0 Å². The van der Waals surface area contributed by atoms with Crippen LogP contribution in [0.2, 0.25) is 0 Å². The smallest absolute Gasteiger partial charge is 0.110 e. The summed E-state index contributed by atoms with van der Waals surface area (Å²) in [5.41, 5.74) is 0. The predicted molar refractivity (Wildman–Crippen MR) is 78.0 cm³/mol. The van der Waals surface area contributed by atoms with Crippen LogP contribution in [0.1, 0.15) is 45.4 Å². The van der Waals surface area contributed by atoms with Crippen LogP contribution < -0.4 is 5.32 Å². The van der Waals surface area contributed by atoms with Gasteiger partial charge in [0.1, 0.15) is 5.82 Å². The molecule has 1 aromatic heterocycles. The highest BCUT2D eigenvalue weighted by Crippen LogP contribution is 2.59. The van der Waals surface area contributed by atoms with Crippen LogP contribution in [0.5, 0.6) is 0 Å². The molecule has 0 spiro atoms. The van der Waals surface area contributed by atoms with Crippen molar-refractivity contribution in [3.05, 3.63) is 18.2 Å². The van der Waals surface area contributed by atoms with Gasteiger partial charge in [-0.3, -0.25) is 0 Å². The van der Waals surface area contributed by atoms with E-state index in [0.29, 0.717) is 6.04 Å². The molecule has 3 rings (SSSR count). The van der Waals surface area contributed by atoms with E-state index < -0.39 is 0 Å². The second-order valence-electron chi connectivity index (χ2n) is 6.23. The van der Waals surface area contributed by atoms with Gasteiger partial charge in [0.15, 0.2) is 0 Å². The Hall–Kier alpha value is -0.830. The van der Waals surface area contributed by atoms with E-state index in [1.165, 1.54) is 31.5 Å². The molecular formula is C16H27N3. The molecule has 3 atom stereocenters. The van der Waals surface area contributed by atoms with E-state index in [9.17, 15) is 0 Å². The zero-order chi connectivity index (χ0) is 13.2. The van der Waals surface area contributed by atoms with E-state index in [2.05, 4.69) is 34.9 Å². The Balaban J connectivity index is 1.66. The molecule has 2 aliphatic rings. The summed E-state index contributed by atoms with van der Waals surface area (Å²) in [6.45, 7) is 6.64. The van der Waals surface area contributed by atoms with Gasteiger partial charge in [0.2, 0.25) is 0 Å². The number of aromatic nitrogens is 2. The van der Waals surface area contributed by atoms with Gasteiger partial charge in [-0.05, 0) is 50.5 Å². The van der Waals surface area contributed by atoms with Gasteiger partial charge in [-0.25, -0.2) is 4.98 Å². The Morgan fingerprint density at radius 3 is 2.84 bits per heavy atom. The summed E-state index contributed by atoms with van der Waals surface area (Å²) in [4.78, 5) is 4.56. The molecule has 2 aliphatic carbocycles. The standard InChI is InChI=1S/C16H27N3/c1-3-8-17-14(16-12-6-5-7-13(12)16)11-15-18-9-10-19(15)4-2/h9-10,12-14,16-17H,3-8,11H2,1-2H3. The van der Waals surface area contributed by atoms with Crippen LogP contribution in [0, 0.1) is 17.8 Å². The van der Waals surface area contributed by atoms with Crippen molar-refractivity contribution in [2.75, 3.05) is 6.54 Å². The van der Waals surface area contributed by atoms with E-state index in [0.717, 1.165) is 37.3 Å². The second kappa shape index (κ2) is 5.66. The maximum Gasteiger partial charge on any atom is 0.110 e. The van der Waals surface area contributed by atoms with Gasteiger partial charge in [-0.2, -0.15) is 0 Å². The Kier molecular flexibility index (Phi) is 3.92. The molecule has 1 heterocycles. The van der Waals surface area contributed by atoms with Crippen LogP contribution in [0.15, 0.2) is 12.4 Å². The quantitative estimate of drug-likeness (QED) is 0.818. The van der Waals surface area contributed by atoms with Crippen molar-refractivity contribution in [3.8, 4) is 0 Å². The number of fused-ring (bicyclic) bond motifs is 1. The predicted octanol–water partition coefficient (Wildman–Crippen LogP) is 2.86. The van der Waals surface area contributed by atoms with Crippen LogP contribution in [0.4, 0.5) is 0 Å². The number of rotatable bonds is 7. The van der Waals surface area contributed by atoms with Gasteiger partial charge >= 0.3 is 0 Å². The first-order valence-corrected chi connectivity index (χ1v) is 8.08. The molecule has 0 radical (unpaired) electrons. The molecule has 2 fully saturated rings. The molecule has 1 aromatic rings. The summed E-state index contributed by atoms with van der Waals surface area (Å²) in [5, 5.41) is 3.80. The average Bonchev–Trinajstić information content (AvgIpc) is 2.85. The number of nitrogens with zero attached hydrogens (tertiary/aromatic N) is 2.